The van der Waals surface area contributed by atoms with Crippen LogP contribution in [0.15, 0.2) is 24.3 Å². The van der Waals surface area contributed by atoms with Crippen molar-refractivity contribution in [2.75, 3.05) is 20.1 Å². The molecule has 2 rings (SSSR count). The highest BCUT2D eigenvalue weighted by Crippen LogP contribution is 2.27. The van der Waals surface area contributed by atoms with Crippen molar-refractivity contribution < 1.29 is 22.7 Å². The van der Waals surface area contributed by atoms with E-state index >= 15 is 0 Å². The number of amides is 1. The number of likely N-dealkylation sites (tertiary alicyclic amines) is 1. The van der Waals surface area contributed by atoms with E-state index < -0.39 is 6.36 Å². The van der Waals surface area contributed by atoms with E-state index in [-0.39, 0.29) is 30.5 Å². The van der Waals surface area contributed by atoms with Gasteiger partial charge in [-0.1, -0.05) is 18.2 Å². The quantitative estimate of drug-likeness (QED) is 0.903. The van der Waals surface area contributed by atoms with Gasteiger partial charge in [-0.05, 0) is 37.9 Å². The standard InChI is InChI=1S/C16H21F3N2O2/c1-20-13-6-4-10-21(11-13)15(22)9-8-12-5-2-3-7-14(12)23-16(17,18)19/h2-3,5,7,13,20H,4,6,8-11H2,1H3/t13-/m0/s1. The lowest BCUT2D eigenvalue weighted by atomic mass is 10.0. The fraction of sp³-hybridized carbons (Fsp3) is 0.562. The molecule has 1 aliphatic rings. The van der Waals surface area contributed by atoms with Crippen molar-refractivity contribution in [1.82, 2.24) is 10.2 Å². The average Bonchev–Trinajstić information content (AvgIpc) is 2.52. The topological polar surface area (TPSA) is 41.6 Å². The molecule has 23 heavy (non-hydrogen) atoms. The minimum atomic E-state index is -4.73. The lowest BCUT2D eigenvalue weighted by Gasteiger charge is -2.32. The second-order valence-corrected chi connectivity index (χ2v) is 5.62. The van der Waals surface area contributed by atoms with E-state index in [1.54, 1.807) is 17.0 Å². The van der Waals surface area contributed by atoms with E-state index in [4.69, 9.17) is 0 Å². The zero-order chi connectivity index (χ0) is 16.9. The van der Waals surface area contributed by atoms with Gasteiger partial charge in [-0.2, -0.15) is 0 Å². The van der Waals surface area contributed by atoms with Crippen molar-refractivity contribution >= 4 is 5.91 Å². The Labute approximate surface area is 133 Å². The zero-order valence-electron chi connectivity index (χ0n) is 13.0. The molecule has 1 aliphatic heterocycles. The van der Waals surface area contributed by atoms with Crippen LogP contribution < -0.4 is 10.1 Å². The number of para-hydroxylation sites is 1. The number of aryl methyl sites for hydroxylation is 1. The van der Waals surface area contributed by atoms with Gasteiger partial charge < -0.3 is 15.0 Å². The Morgan fingerprint density at radius 3 is 2.83 bits per heavy atom. The van der Waals surface area contributed by atoms with Crippen LogP contribution in [0.2, 0.25) is 0 Å². The summed E-state index contributed by atoms with van der Waals surface area (Å²) in [5.41, 5.74) is 0.389. The van der Waals surface area contributed by atoms with Crippen LogP contribution in [0.5, 0.6) is 5.75 Å². The minimum absolute atomic E-state index is 0.0354. The molecular formula is C16H21F3N2O2. The number of alkyl halides is 3. The average molecular weight is 330 g/mol. The van der Waals surface area contributed by atoms with Gasteiger partial charge in [0, 0.05) is 25.6 Å². The molecule has 1 saturated heterocycles. The number of likely N-dealkylation sites (N-methyl/N-ethyl adjacent to an activating group) is 1. The normalized spacial score (nSPS) is 18.8. The second kappa shape index (κ2) is 7.68. The predicted octanol–water partition coefficient (Wildman–Crippen LogP) is 2.73. The largest absolute Gasteiger partial charge is 0.573 e. The van der Waals surface area contributed by atoms with E-state index in [1.807, 2.05) is 7.05 Å². The van der Waals surface area contributed by atoms with Crippen molar-refractivity contribution in [2.24, 2.45) is 0 Å². The van der Waals surface area contributed by atoms with Crippen LogP contribution in [-0.2, 0) is 11.2 Å². The van der Waals surface area contributed by atoms with Gasteiger partial charge in [0.25, 0.3) is 0 Å². The summed E-state index contributed by atoms with van der Waals surface area (Å²) in [5.74, 6) is -0.272. The van der Waals surface area contributed by atoms with Crippen molar-refractivity contribution in [3.63, 3.8) is 0 Å². The molecule has 1 atom stereocenters. The Balaban J connectivity index is 1.94. The maximum absolute atomic E-state index is 12.4. The number of benzene rings is 1. The molecule has 0 aliphatic carbocycles. The van der Waals surface area contributed by atoms with Crippen LogP contribution in [0.3, 0.4) is 0 Å². The van der Waals surface area contributed by atoms with Gasteiger partial charge in [0.2, 0.25) is 5.91 Å². The van der Waals surface area contributed by atoms with Crippen LogP contribution in [0.1, 0.15) is 24.8 Å². The van der Waals surface area contributed by atoms with Gasteiger partial charge in [-0.15, -0.1) is 13.2 Å². The maximum Gasteiger partial charge on any atom is 0.573 e. The van der Waals surface area contributed by atoms with Crippen molar-refractivity contribution in [1.29, 1.82) is 0 Å². The number of hydrogen-bond acceptors (Lipinski definition) is 3. The molecule has 0 unspecified atom stereocenters. The predicted molar refractivity (Wildman–Crippen MR) is 80.1 cm³/mol. The number of rotatable bonds is 5. The number of hydrogen-bond donors (Lipinski definition) is 1. The third-order valence-electron chi connectivity index (χ3n) is 3.99. The fourth-order valence-corrected chi connectivity index (χ4v) is 2.77. The zero-order valence-corrected chi connectivity index (χ0v) is 13.0. The van der Waals surface area contributed by atoms with E-state index in [1.165, 1.54) is 12.1 Å². The third-order valence-corrected chi connectivity index (χ3v) is 3.99. The molecule has 1 aromatic rings. The van der Waals surface area contributed by atoms with Crippen molar-refractivity contribution in [2.45, 2.75) is 38.1 Å². The number of carbonyl (C=O) groups excluding carboxylic acids is 1. The highest BCUT2D eigenvalue weighted by Gasteiger charge is 2.32. The third kappa shape index (κ3) is 5.42. The van der Waals surface area contributed by atoms with Gasteiger partial charge in [0.15, 0.2) is 0 Å². The molecule has 0 radical (unpaired) electrons. The van der Waals surface area contributed by atoms with Crippen LogP contribution >= 0.6 is 0 Å². The summed E-state index contributed by atoms with van der Waals surface area (Å²) >= 11 is 0. The Hall–Kier alpha value is -1.76. The SMILES string of the molecule is CN[C@H]1CCCN(C(=O)CCc2ccccc2OC(F)(F)F)C1. The minimum Gasteiger partial charge on any atom is -0.406 e. The molecule has 1 heterocycles. The van der Waals surface area contributed by atoms with E-state index in [0.717, 1.165) is 12.8 Å². The highest BCUT2D eigenvalue weighted by molar-refractivity contribution is 5.76. The van der Waals surface area contributed by atoms with Gasteiger partial charge in [-0.3, -0.25) is 4.79 Å². The highest BCUT2D eigenvalue weighted by atomic mass is 19.4. The van der Waals surface area contributed by atoms with E-state index in [9.17, 15) is 18.0 Å². The molecule has 0 bridgehead atoms. The van der Waals surface area contributed by atoms with Crippen LogP contribution in [0.25, 0.3) is 0 Å². The lowest BCUT2D eigenvalue weighted by molar-refractivity contribution is -0.274. The number of halogens is 3. The Morgan fingerprint density at radius 1 is 1.39 bits per heavy atom. The van der Waals surface area contributed by atoms with Crippen molar-refractivity contribution in [3.8, 4) is 5.75 Å². The van der Waals surface area contributed by atoms with Crippen molar-refractivity contribution in [3.05, 3.63) is 29.8 Å². The smallest absolute Gasteiger partial charge is 0.406 e. The molecule has 1 fully saturated rings. The molecule has 1 N–H and O–H groups in total. The Morgan fingerprint density at radius 2 is 2.13 bits per heavy atom. The Bertz CT molecular complexity index is 534. The summed E-state index contributed by atoms with van der Waals surface area (Å²) in [6.45, 7) is 1.35. The molecule has 1 aromatic carbocycles. The van der Waals surface area contributed by atoms with Gasteiger partial charge in [-0.25, -0.2) is 0 Å². The maximum atomic E-state index is 12.4. The molecule has 7 heteroatoms. The van der Waals surface area contributed by atoms with Crippen LogP contribution in [0, 0.1) is 0 Å². The molecule has 0 saturated carbocycles. The molecule has 4 nitrogen and oxygen atoms in total. The monoisotopic (exact) mass is 330 g/mol. The summed E-state index contributed by atoms with van der Waals surface area (Å²) in [7, 11) is 1.86. The number of piperidine rings is 1. The van der Waals surface area contributed by atoms with Crippen LogP contribution in [-0.4, -0.2) is 43.3 Å². The summed E-state index contributed by atoms with van der Waals surface area (Å²) in [4.78, 5) is 14.0. The Kier molecular flexibility index (Phi) is 5.87. The summed E-state index contributed by atoms with van der Waals surface area (Å²) in [6.07, 6.45) is -2.36. The number of carbonyl (C=O) groups is 1. The second-order valence-electron chi connectivity index (χ2n) is 5.62. The van der Waals surface area contributed by atoms with Crippen LogP contribution in [0.4, 0.5) is 13.2 Å². The molecule has 128 valence electrons. The molecule has 1 amide bonds. The first-order chi connectivity index (χ1) is 10.9. The molecular weight excluding hydrogens is 309 g/mol. The number of nitrogens with one attached hydrogen (secondary N) is 1. The van der Waals surface area contributed by atoms with E-state index in [2.05, 4.69) is 10.1 Å². The first-order valence-corrected chi connectivity index (χ1v) is 7.68. The van der Waals surface area contributed by atoms with Gasteiger partial charge in [0.05, 0.1) is 0 Å². The first-order valence-electron chi connectivity index (χ1n) is 7.68. The van der Waals surface area contributed by atoms with Gasteiger partial charge >= 0.3 is 6.36 Å². The molecule has 0 spiro atoms. The summed E-state index contributed by atoms with van der Waals surface area (Å²) in [6, 6.07) is 6.23. The van der Waals surface area contributed by atoms with E-state index in [0.29, 0.717) is 18.7 Å². The summed E-state index contributed by atoms with van der Waals surface area (Å²) < 4.78 is 41.2. The number of ether oxygens (including phenoxy) is 1. The molecule has 0 aromatic heterocycles. The first kappa shape index (κ1) is 17.6. The summed E-state index contributed by atoms with van der Waals surface area (Å²) in [5, 5.41) is 3.16. The van der Waals surface area contributed by atoms with Gasteiger partial charge in [0.1, 0.15) is 5.75 Å². The lowest BCUT2D eigenvalue weighted by Crippen LogP contribution is -2.47. The fourth-order valence-electron chi connectivity index (χ4n) is 2.77. The number of nitrogens with zero attached hydrogens (tertiary/aromatic N) is 1.